The Morgan fingerprint density at radius 2 is 2.13 bits per heavy atom. The van der Waals surface area contributed by atoms with Crippen molar-refractivity contribution in [3.8, 4) is 10.6 Å². The van der Waals surface area contributed by atoms with Gasteiger partial charge in [-0.1, -0.05) is 30.3 Å². The molecule has 1 atom stereocenters. The van der Waals surface area contributed by atoms with E-state index in [-0.39, 0.29) is 11.9 Å². The van der Waals surface area contributed by atoms with Crippen LogP contribution in [0.4, 0.5) is 0 Å². The fourth-order valence-corrected chi connectivity index (χ4v) is 3.60. The summed E-state index contributed by atoms with van der Waals surface area (Å²) in [7, 11) is 1.87. The minimum atomic E-state index is 0.0106. The minimum absolute atomic E-state index is 0.0106. The van der Waals surface area contributed by atoms with Gasteiger partial charge in [0.2, 0.25) is 0 Å². The smallest absolute Gasteiger partial charge is 0.273 e. The van der Waals surface area contributed by atoms with Crippen LogP contribution >= 0.6 is 11.3 Å². The molecule has 0 N–H and O–H groups in total. The van der Waals surface area contributed by atoms with Gasteiger partial charge in [-0.25, -0.2) is 4.98 Å². The minimum Gasteiger partial charge on any atom is -0.330 e. The Kier molecular flexibility index (Phi) is 3.46. The van der Waals surface area contributed by atoms with Gasteiger partial charge in [-0.15, -0.1) is 11.3 Å². The van der Waals surface area contributed by atoms with Crippen LogP contribution in [0.15, 0.2) is 48.1 Å². The van der Waals surface area contributed by atoms with Crippen LogP contribution in [-0.2, 0) is 7.05 Å². The summed E-state index contributed by atoms with van der Waals surface area (Å²) < 4.78 is 1.74. The van der Waals surface area contributed by atoms with Gasteiger partial charge in [0.1, 0.15) is 10.7 Å². The molecule has 1 amide bonds. The number of benzene rings is 1. The number of aromatic nitrogens is 3. The standard InChI is InChI=1S/C17H16N4OS/c1-20-10-13(9-18-20)16-19-14(11-23-16)17(22)21-8-7-15(21)12-5-3-2-4-6-12/h2-6,9-11,15H,7-8H2,1H3/t15-/m1/s1. The fraction of sp³-hybridized carbons (Fsp3) is 0.235. The Balaban J connectivity index is 1.55. The Bertz CT molecular complexity index is 839. The molecule has 1 aromatic carbocycles. The SMILES string of the molecule is Cn1cc(-c2nc(C(=O)N3CC[C@@H]3c3ccccc3)cs2)cn1. The summed E-state index contributed by atoms with van der Waals surface area (Å²) in [5, 5.41) is 6.82. The lowest BCUT2D eigenvalue weighted by Crippen LogP contribution is -2.45. The molecule has 1 fully saturated rings. The van der Waals surface area contributed by atoms with Gasteiger partial charge in [0, 0.05) is 30.7 Å². The maximum absolute atomic E-state index is 12.7. The molecule has 0 unspecified atom stereocenters. The van der Waals surface area contributed by atoms with Crippen LogP contribution < -0.4 is 0 Å². The van der Waals surface area contributed by atoms with Gasteiger partial charge < -0.3 is 4.90 Å². The number of hydrogen-bond acceptors (Lipinski definition) is 4. The average molecular weight is 324 g/mol. The number of amides is 1. The Morgan fingerprint density at radius 3 is 2.78 bits per heavy atom. The molecule has 0 aliphatic carbocycles. The van der Waals surface area contributed by atoms with E-state index in [1.807, 2.05) is 41.7 Å². The summed E-state index contributed by atoms with van der Waals surface area (Å²) in [5.41, 5.74) is 2.66. The van der Waals surface area contributed by atoms with E-state index in [4.69, 9.17) is 0 Å². The van der Waals surface area contributed by atoms with Crippen molar-refractivity contribution >= 4 is 17.2 Å². The van der Waals surface area contributed by atoms with Crippen molar-refractivity contribution in [3.05, 3.63) is 59.4 Å². The molecule has 116 valence electrons. The van der Waals surface area contributed by atoms with Gasteiger partial charge in [-0.3, -0.25) is 9.48 Å². The zero-order chi connectivity index (χ0) is 15.8. The lowest BCUT2D eigenvalue weighted by molar-refractivity contribution is 0.0455. The third kappa shape index (κ3) is 2.55. The van der Waals surface area contributed by atoms with E-state index in [1.165, 1.54) is 16.9 Å². The molecule has 0 bridgehead atoms. The highest BCUT2D eigenvalue weighted by atomic mass is 32.1. The van der Waals surface area contributed by atoms with Crippen LogP contribution in [-0.4, -0.2) is 32.1 Å². The molecule has 2 aromatic heterocycles. The molecule has 0 spiro atoms. The van der Waals surface area contributed by atoms with Crippen molar-refractivity contribution in [3.63, 3.8) is 0 Å². The normalized spacial score (nSPS) is 17.1. The molecule has 1 aliphatic heterocycles. The topological polar surface area (TPSA) is 51.0 Å². The van der Waals surface area contributed by atoms with Crippen molar-refractivity contribution in [2.24, 2.45) is 7.05 Å². The number of rotatable bonds is 3. The van der Waals surface area contributed by atoms with Crippen LogP contribution in [0.5, 0.6) is 0 Å². The van der Waals surface area contributed by atoms with Gasteiger partial charge in [0.25, 0.3) is 5.91 Å². The van der Waals surface area contributed by atoms with E-state index in [2.05, 4.69) is 22.2 Å². The van der Waals surface area contributed by atoms with Gasteiger partial charge in [0.05, 0.1) is 12.2 Å². The molecule has 3 aromatic rings. The first-order valence-electron chi connectivity index (χ1n) is 7.53. The average Bonchev–Trinajstić information content (AvgIpc) is 3.16. The molecule has 23 heavy (non-hydrogen) atoms. The van der Waals surface area contributed by atoms with Crippen molar-refractivity contribution in [2.75, 3.05) is 6.54 Å². The first-order valence-corrected chi connectivity index (χ1v) is 8.41. The van der Waals surface area contributed by atoms with Crippen LogP contribution in [0.3, 0.4) is 0 Å². The monoisotopic (exact) mass is 324 g/mol. The quantitative estimate of drug-likeness (QED) is 0.744. The first kappa shape index (κ1) is 14.1. The zero-order valence-electron chi connectivity index (χ0n) is 12.7. The Labute approximate surface area is 138 Å². The van der Waals surface area contributed by atoms with Crippen LogP contribution in [0.1, 0.15) is 28.5 Å². The van der Waals surface area contributed by atoms with Crippen LogP contribution in [0.25, 0.3) is 10.6 Å². The second-order valence-electron chi connectivity index (χ2n) is 5.65. The third-order valence-electron chi connectivity index (χ3n) is 4.14. The summed E-state index contributed by atoms with van der Waals surface area (Å²) >= 11 is 1.48. The summed E-state index contributed by atoms with van der Waals surface area (Å²) in [6, 6.07) is 10.3. The summed E-state index contributed by atoms with van der Waals surface area (Å²) in [5.74, 6) is 0.0106. The lowest BCUT2D eigenvalue weighted by Gasteiger charge is -2.41. The maximum atomic E-state index is 12.7. The predicted octanol–water partition coefficient (Wildman–Crippen LogP) is 3.13. The highest BCUT2D eigenvalue weighted by molar-refractivity contribution is 7.13. The summed E-state index contributed by atoms with van der Waals surface area (Å²) in [6.45, 7) is 0.790. The van der Waals surface area contributed by atoms with Crippen molar-refractivity contribution < 1.29 is 4.79 Å². The predicted molar refractivity (Wildman–Crippen MR) is 89.2 cm³/mol. The second-order valence-corrected chi connectivity index (χ2v) is 6.51. The molecule has 5 nitrogen and oxygen atoms in total. The van der Waals surface area contributed by atoms with E-state index in [9.17, 15) is 4.79 Å². The Morgan fingerprint density at radius 1 is 1.30 bits per heavy atom. The summed E-state index contributed by atoms with van der Waals surface area (Å²) in [6.07, 6.45) is 4.68. The second kappa shape index (κ2) is 5.62. The van der Waals surface area contributed by atoms with E-state index in [0.717, 1.165) is 23.5 Å². The number of hydrogen-bond donors (Lipinski definition) is 0. The molecule has 0 radical (unpaired) electrons. The van der Waals surface area contributed by atoms with Gasteiger partial charge >= 0.3 is 0 Å². The number of carbonyl (C=O) groups is 1. The third-order valence-corrected chi connectivity index (χ3v) is 5.03. The maximum Gasteiger partial charge on any atom is 0.273 e. The molecule has 6 heteroatoms. The molecule has 1 saturated heterocycles. The number of likely N-dealkylation sites (tertiary alicyclic amines) is 1. The number of aryl methyl sites for hydroxylation is 1. The van der Waals surface area contributed by atoms with E-state index >= 15 is 0 Å². The summed E-state index contributed by atoms with van der Waals surface area (Å²) in [4.78, 5) is 19.1. The van der Waals surface area contributed by atoms with E-state index in [0.29, 0.717) is 5.69 Å². The number of thiazole rings is 1. The van der Waals surface area contributed by atoms with Crippen molar-refractivity contribution in [1.29, 1.82) is 0 Å². The molecule has 0 saturated carbocycles. The molecular weight excluding hydrogens is 308 g/mol. The lowest BCUT2D eigenvalue weighted by atomic mass is 9.94. The van der Waals surface area contributed by atoms with Crippen LogP contribution in [0.2, 0.25) is 0 Å². The molecule has 3 heterocycles. The molecule has 4 rings (SSSR count). The number of carbonyl (C=O) groups excluding carboxylic acids is 1. The van der Waals surface area contributed by atoms with E-state index < -0.39 is 0 Å². The molecular formula is C17H16N4OS. The Hall–Kier alpha value is -2.47. The zero-order valence-corrected chi connectivity index (χ0v) is 13.5. The van der Waals surface area contributed by atoms with Crippen molar-refractivity contribution in [1.82, 2.24) is 19.7 Å². The highest BCUT2D eigenvalue weighted by Gasteiger charge is 2.34. The van der Waals surface area contributed by atoms with Gasteiger partial charge in [-0.05, 0) is 12.0 Å². The van der Waals surface area contributed by atoms with E-state index in [1.54, 1.807) is 10.9 Å². The first-order chi connectivity index (χ1) is 11.2. The van der Waals surface area contributed by atoms with Gasteiger partial charge in [0.15, 0.2) is 0 Å². The highest BCUT2D eigenvalue weighted by Crippen LogP contribution is 2.35. The fourth-order valence-electron chi connectivity index (χ4n) is 2.84. The molecule has 1 aliphatic rings. The van der Waals surface area contributed by atoms with Gasteiger partial charge in [-0.2, -0.15) is 5.10 Å². The van der Waals surface area contributed by atoms with Crippen molar-refractivity contribution in [2.45, 2.75) is 12.5 Å². The number of nitrogens with zero attached hydrogens (tertiary/aromatic N) is 4. The van der Waals surface area contributed by atoms with Crippen LogP contribution in [0, 0.1) is 0 Å². The largest absolute Gasteiger partial charge is 0.330 e.